The second kappa shape index (κ2) is 10.5. The van der Waals surface area contributed by atoms with Crippen molar-refractivity contribution in [2.75, 3.05) is 11.9 Å². The Labute approximate surface area is 205 Å². The minimum Gasteiger partial charge on any atom is -0.331 e. The lowest BCUT2D eigenvalue weighted by Crippen LogP contribution is -2.43. The van der Waals surface area contributed by atoms with E-state index < -0.39 is 6.04 Å². The van der Waals surface area contributed by atoms with Gasteiger partial charge in [0.2, 0.25) is 11.8 Å². The average molecular weight is 474 g/mol. The monoisotopic (exact) mass is 473 g/mol. The molecule has 1 atom stereocenters. The Hall–Kier alpha value is -2.99. The van der Waals surface area contributed by atoms with E-state index in [4.69, 9.17) is 4.98 Å². The Balaban J connectivity index is 1.33. The summed E-state index contributed by atoms with van der Waals surface area (Å²) in [7, 11) is 0. The summed E-state index contributed by atoms with van der Waals surface area (Å²) in [5.74, 6) is 0.514. The molecule has 1 N–H and O–H groups in total. The molecule has 1 aliphatic carbocycles. The Morgan fingerprint density at radius 2 is 1.65 bits per heavy atom. The highest BCUT2D eigenvalue weighted by Crippen LogP contribution is 2.34. The van der Waals surface area contributed by atoms with Gasteiger partial charge in [0.25, 0.3) is 0 Å². The van der Waals surface area contributed by atoms with Crippen LogP contribution >= 0.6 is 11.3 Å². The van der Waals surface area contributed by atoms with E-state index in [0.29, 0.717) is 24.0 Å². The lowest BCUT2D eigenvalue weighted by molar-refractivity contribution is -0.137. The van der Waals surface area contributed by atoms with E-state index in [1.807, 2.05) is 41.3 Å². The zero-order valence-electron chi connectivity index (χ0n) is 19.4. The topological polar surface area (TPSA) is 62.3 Å². The molecule has 2 heterocycles. The van der Waals surface area contributed by atoms with Gasteiger partial charge in [0, 0.05) is 29.8 Å². The first kappa shape index (κ1) is 22.8. The summed E-state index contributed by atoms with van der Waals surface area (Å²) < 4.78 is 0. The number of likely N-dealkylation sites (tertiary alicyclic amines) is 1. The van der Waals surface area contributed by atoms with Crippen molar-refractivity contribution >= 4 is 28.3 Å². The highest BCUT2D eigenvalue weighted by Gasteiger charge is 2.35. The molecule has 5 nitrogen and oxygen atoms in total. The van der Waals surface area contributed by atoms with Gasteiger partial charge in [-0.15, -0.1) is 11.3 Å². The van der Waals surface area contributed by atoms with Crippen LogP contribution in [0.4, 0.5) is 5.13 Å². The van der Waals surface area contributed by atoms with E-state index in [0.717, 1.165) is 48.2 Å². The van der Waals surface area contributed by atoms with Crippen LogP contribution in [0.5, 0.6) is 0 Å². The number of anilines is 1. The lowest BCUT2D eigenvalue weighted by atomic mass is 10.0. The molecular formula is C28H31N3O2S. The van der Waals surface area contributed by atoms with Gasteiger partial charge >= 0.3 is 0 Å². The molecule has 0 radical (unpaired) electrons. The van der Waals surface area contributed by atoms with Crippen molar-refractivity contribution in [2.45, 2.75) is 57.4 Å². The second-order valence-corrected chi connectivity index (χ2v) is 10.5. The molecule has 1 aliphatic heterocycles. The Morgan fingerprint density at radius 1 is 0.941 bits per heavy atom. The van der Waals surface area contributed by atoms with Crippen LogP contribution in [-0.2, 0) is 16.0 Å². The largest absolute Gasteiger partial charge is 0.331 e. The van der Waals surface area contributed by atoms with Gasteiger partial charge in [-0.1, -0.05) is 73.5 Å². The fourth-order valence-electron chi connectivity index (χ4n) is 5.23. The average Bonchev–Trinajstić information content (AvgIpc) is 3.62. The van der Waals surface area contributed by atoms with Gasteiger partial charge in [-0.25, -0.2) is 4.98 Å². The molecule has 2 fully saturated rings. The molecule has 0 spiro atoms. The van der Waals surface area contributed by atoms with Crippen LogP contribution < -0.4 is 5.32 Å². The maximum Gasteiger partial charge on any atom is 0.248 e. The van der Waals surface area contributed by atoms with Crippen molar-refractivity contribution < 1.29 is 9.59 Å². The standard InChI is InChI=1S/C28H31N3O2S/c32-25(19-21-12-7-8-13-21)31-17-9-16-23(31)27(33)30-28-29-26(22-14-5-2-6-15-22)24(34-28)18-20-10-3-1-4-11-20/h1-6,10-11,14-15,21,23H,7-9,12-13,16-19H2,(H,29,30,33)/t23-/m1/s1. The third-order valence-corrected chi connectivity index (χ3v) is 7.97. The maximum absolute atomic E-state index is 13.2. The van der Waals surface area contributed by atoms with Crippen LogP contribution in [0, 0.1) is 5.92 Å². The minimum atomic E-state index is -0.393. The smallest absolute Gasteiger partial charge is 0.248 e. The van der Waals surface area contributed by atoms with Crippen LogP contribution in [0.2, 0.25) is 0 Å². The van der Waals surface area contributed by atoms with Gasteiger partial charge in [0.1, 0.15) is 6.04 Å². The van der Waals surface area contributed by atoms with Gasteiger partial charge < -0.3 is 10.2 Å². The summed E-state index contributed by atoms with van der Waals surface area (Å²) >= 11 is 1.53. The lowest BCUT2D eigenvalue weighted by Gasteiger charge is -2.24. The number of nitrogens with zero attached hydrogens (tertiary/aromatic N) is 2. The Bertz CT molecular complexity index is 1120. The van der Waals surface area contributed by atoms with E-state index >= 15 is 0 Å². The fourth-order valence-corrected chi connectivity index (χ4v) is 6.25. The number of thiazole rings is 1. The number of nitrogens with one attached hydrogen (secondary N) is 1. The minimum absolute atomic E-state index is 0.114. The number of amides is 2. The highest BCUT2D eigenvalue weighted by molar-refractivity contribution is 7.16. The Kier molecular flexibility index (Phi) is 7.05. The summed E-state index contributed by atoms with van der Waals surface area (Å²) in [6, 6.07) is 20.0. The molecule has 0 bridgehead atoms. The highest BCUT2D eigenvalue weighted by atomic mass is 32.1. The van der Waals surface area contributed by atoms with Crippen molar-refractivity contribution in [3.63, 3.8) is 0 Å². The number of carbonyl (C=O) groups excluding carboxylic acids is 2. The molecule has 1 saturated carbocycles. The fraction of sp³-hybridized carbons (Fsp3) is 0.393. The quantitative estimate of drug-likeness (QED) is 0.464. The van der Waals surface area contributed by atoms with Gasteiger partial charge in [-0.2, -0.15) is 0 Å². The summed E-state index contributed by atoms with van der Waals surface area (Å²) in [4.78, 5) is 33.9. The molecule has 2 amide bonds. The number of aromatic nitrogens is 1. The van der Waals surface area contributed by atoms with Crippen molar-refractivity contribution in [1.29, 1.82) is 0 Å². The van der Waals surface area contributed by atoms with Crippen LogP contribution in [-0.4, -0.2) is 34.3 Å². The number of hydrogen-bond acceptors (Lipinski definition) is 4. The number of hydrogen-bond donors (Lipinski definition) is 1. The summed E-state index contributed by atoms with van der Waals surface area (Å²) in [5, 5.41) is 3.66. The molecule has 0 unspecified atom stereocenters. The first-order chi connectivity index (χ1) is 16.7. The van der Waals surface area contributed by atoms with Gasteiger partial charge in [-0.05, 0) is 37.2 Å². The third-order valence-electron chi connectivity index (χ3n) is 7.00. The van der Waals surface area contributed by atoms with Crippen molar-refractivity contribution in [3.8, 4) is 11.3 Å². The predicted octanol–water partition coefficient (Wildman–Crippen LogP) is 5.91. The molecule has 2 aliphatic rings. The zero-order valence-corrected chi connectivity index (χ0v) is 20.2. The second-order valence-electron chi connectivity index (χ2n) is 9.41. The molecule has 2 aromatic carbocycles. The normalized spacial score (nSPS) is 18.4. The zero-order chi connectivity index (χ0) is 23.3. The third kappa shape index (κ3) is 5.22. The van der Waals surface area contributed by atoms with E-state index in [-0.39, 0.29) is 11.8 Å². The van der Waals surface area contributed by atoms with Crippen molar-refractivity contribution in [2.24, 2.45) is 5.92 Å². The summed E-state index contributed by atoms with van der Waals surface area (Å²) in [6.07, 6.45) is 7.66. The molecular weight excluding hydrogens is 442 g/mol. The number of benzene rings is 2. The predicted molar refractivity (Wildman–Crippen MR) is 137 cm³/mol. The van der Waals surface area contributed by atoms with Crippen LogP contribution in [0.15, 0.2) is 60.7 Å². The summed E-state index contributed by atoms with van der Waals surface area (Å²) in [5.41, 5.74) is 3.16. The molecule has 5 rings (SSSR count). The summed E-state index contributed by atoms with van der Waals surface area (Å²) in [6.45, 7) is 0.677. The first-order valence-electron chi connectivity index (χ1n) is 12.4. The van der Waals surface area contributed by atoms with E-state index in [9.17, 15) is 9.59 Å². The molecule has 176 valence electrons. The molecule has 3 aromatic rings. The van der Waals surface area contributed by atoms with E-state index in [1.54, 1.807) is 0 Å². The van der Waals surface area contributed by atoms with E-state index in [2.05, 4.69) is 29.6 Å². The van der Waals surface area contributed by atoms with Gasteiger partial charge in [-0.3, -0.25) is 9.59 Å². The SMILES string of the molecule is O=C(Nc1nc(-c2ccccc2)c(Cc2ccccc2)s1)[C@H]1CCCN1C(=O)CC1CCCC1. The number of carbonyl (C=O) groups is 2. The molecule has 34 heavy (non-hydrogen) atoms. The first-order valence-corrected chi connectivity index (χ1v) is 13.2. The van der Waals surface area contributed by atoms with Crippen molar-refractivity contribution in [1.82, 2.24) is 9.88 Å². The van der Waals surface area contributed by atoms with E-state index in [1.165, 1.54) is 29.7 Å². The van der Waals surface area contributed by atoms with Crippen LogP contribution in [0.25, 0.3) is 11.3 Å². The molecule has 1 aromatic heterocycles. The van der Waals surface area contributed by atoms with Crippen LogP contribution in [0.3, 0.4) is 0 Å². The van der Waals surface area contributed by atoms with Gasteiger partial charge in [0.15, 0.2) is 5.13 Å². The Morgan fingerprint density at radius 3 is 2.38 bits per heavy atom. The van der Waals surface area contributed by atoms with Gasteiger partial charge in [0.05, 0.1) is 5.69 Å². The molecule has 6 heteroatoms. The van der Waals surface area contributed by atoms with Crippen LogP contribution in [0.1, 0.15) is 55.4 Å². The van der Waals surface area contributed by atoms with Crippen molar-refractivity contribution in [3.05, 3.63) is 71.1 Å². The maximum atomic E-state index is 13.2. The number of rotatable bonds is 7. The molecule has 1 saturated heterocycles.